The van der Waals surface area contributed by atoms with Gasteiger partial charge in [-0.1, -0.05) is 36.4 Å². The van der Waals surface area contributed by atoms with Crippen LogP contribution in [0.2, 0.25) is 0 Å². The Balaban J connectivity index is 1.54. The van der Waals surface area contributed by atoms with Crippen molar-refractivity contribution in [3.63, 3.8) is 0 Å². The van der Waals surface area contributed by atoms with Crippen molar-refractivity contribution >= 4 is 21.9 Å². The highest BCUT2D eigenvalue weighted by atomic mass is 16.3. The van der Waals surface area contributed by atoms with Gasteiger partial charge in [0.25, 0.3) is 0 Å². The summed E-state index contributed by atoms with van der Waals surface area (Å²) in [6.07, 6.45) is 0. The van der Waals surface area contributed by atoms with Crippen molar-refractivity contribution in [2.24, 2.45) is 11.8 Å². The average Bonchev–Trinajstić information content (AvgIpc) is 3.23. The smallest absolute Gasteiger partial charge is 0.139 e. The van der Waals surface area contributed by atoms with Crippen molar-refractivity contribution < 1.29 is 14.6 Å². The Morgan fingerprint density at radius 2 is 1.81 bits per heavy atom. The molecular weight excluding hydrogens is 340 g/mol. The highest BCUT2D eigenvalue weighted by Gasteiger charge is 2.33. The van der Waals surface area contributed by atoms with E-state index in [0.717, 1.165) is 42.7 Å². The zero-order valence-electron chi connectivity index (χ0n) is 15.8. The Bertz CT molecular complexity index is 907. The second kappa shape index (κ2) is 7.98. The number of hydrogen-bond donors (Lipinski definition) is 2. The summed E-state index contributed by atoms with van der Waals surface area (Å²) >= 11 is 0. The summed E-state index contributed by atoms with van der Waals surface area (Å²) in [5.74, 6) is 0.697. The van der Waals surface area contributed by atoms with Crippen LogP contribution in [0, 0.1) is 11.8 Å². The van der Waals surface area contributed by atoms with Crippen LogP contribution < -0.4 is 0 Å². The summed E-state index contributed by atoms with van der Waals surface area (Å²) in [7, 11) is 2.03. The fourth-order valence-electron chi connectivity index (χ4n) is 4.41. The van der Waals surface area contributed by atoms with E-state index in [-0.39, 0.29) is 19.1 Å². The monoisotopic (exact) mass is 368 g/mol. The second-order valence-corrected chi connectivity index (χ2v) is 7.77. The third-order valence-electron chi connectivity index (χ3n) is 5.79. The number of likely N-dealkylation sites (N-methyl/N-ethyl adjacent to an activating group) is 1. The van der Waals surface area contributed by atoms with E-state index in [1.807, 2.05) is 25.2 Å². The number of hydrogen-bond acceptors (Lipinski definition) is 5. The van der Waals surface area contributed by atoms with Crippen molar-refractivity contribution in [2.75, 3.05) is 46.4 Å². The van der Waals surface area contributed by atoms with Gasteiger partial charge in [0.2, 0.25) is 0 Å². The van der Waals surface area contributed by atoms with Crippen molar-refractivity contribution in [1.82, 2.24) is 9.80 Å². The van der Waals surface area contributed by atoms with Crippen LogP contribution in [0.1, 0.15) is 5.56 Å². The lowest BCUT2D eigenvalue weighted by Gasteiger charge is -2.23. The Morgan fingerprint density at radius 3 is 2.63 bits per heavy atom. The SMILES string of the molecule is CN(CCO)C[C@@H]1CN(Cc2cccc3c2oc2ccccc23)C[C@@H]1CO. The van der Waals surface area contributed by atoms with E-state index in [4.69, 9.17) is 9.52 Å². The number of furan rings is 1. The van der Waals surface area contributed by atoms with Crippen LogP contribution in [0.5, 0.6) is 0 Å². The van der Waals surface area contributed by atoms with Crippen LogP contribution in [0.4, 0.5) is 0 Å². The molecule has 4 rings (SSSR count). The van der Waals surface area contributed by atoms with Gasteiger partial charge in [-0.3, -0.25) is 4.90 Å². The number of aliphatic hydroxyl groups excluding tert-OH is 2. The van der Waals surface area contributed by atoms with E-state index in [9.17, 15) is 5.11 Å². The van der Waals surface area contributed by atoms with Gasteiger partial charge in [-0.05, 0) is 24.9 Å². The lowest BCUT2D eigenvalue weighted by molar-refractivity contribution is 0.160. The molecule has 0 amide bonds. The van der Waals surface area contributed by atoms with Gasteiger partial charge in [0, 0.05) is 55.7 Å². The van der Waals surface area contributed by atoms with Gasteiger partial charge in [0.15, 0.2) is 0 Å². The first-order valence-corrected chi connectivity index (χ1v) is 9.71. The molecule has 2 heterocycles. The molecule has 1 saturated heterocycles. The maximum atomic E-state index is 9.82. The van der Waals surface area contributed by atoms with Gasteiger partial charge in [-0.25, -0.2) is 0 Å². The molecule has 1 aliphatic rings. The summed E-state index contributed by atoms with van der Waals surface area (Å²) in [6.45, 7) is 4.63. The molecule has 27 heavy (non-hydrogen) atoms. The maximum Gasteiger partial charge on any atom is 0.139 e. The van der Waals surface area contributed by atoms with E-state index in [1.54, 1.807) is 0 Å². The highest BCUT2D eigenvalue weighted by Crippen LogP contribution is 2.32. The summed E-state index contributed by atoms with van der Waals surface area (Å²) in [5, 5.41) is 21.3. The molecule has 2 aromatic carbocycles. The molecule has 5 nitrogen and oxygen atoms in total. The minimum Gasteiger partial charge on any atom is -0.456 e. The molecule has 0 saturated carbocycles. The lowest BCUT2D eigenvalue weighted by Crippen LogP contribution is -2.32. The minimum atomic E-state index is 0.171. The molecule has 2 N–H and O–H groups in total. The standard InChI is InChI=1S/C22H28N2O3/c1-23(9-10-25)11-17-13-24(14-18(17)15-26)12-16-5-4-7-20-19-6-2-3-8-21(19)27-22(16)20/h2-8,17-18,25-26H,9-15H2,1H3/t17-,18-/m1/s1. The van der Waals surface area contributed by atoms with Crippen LogP contribution in [0.25, 0.3) is 21.9 Å². The molecule has 2 atom stereocenters. The molecule has 1 aliphatic heterocycles. The first-order chi connectivity index (χ1) is 13.2. The topological polar surface area (TPSA) is 60.1 Å². The van der Waals surface area contributed by atoms with Crippen molar-refractivity contribution in [1.29, 1.82) is 0 Å². The van der Waals surface area contributed by atoms with Gasteiger partial charge in [0.05, 0.1) is 6.61 Å². The molecule has 0 aliphatic carbocycles. The lowest BCUT2D eigenvalue weighted by atomic mass is 9.96. The van der Waals surface area contributed by atoms with Gasteiger partial charge >= 0.3 is 0 Å². The predicted molar refractivity (Wildman–Crippen MR) is 108 cm³/mol. The van der Waals surface area contributed by atoms with Crippen LogP contribution in [-0.4, -0.2) is 66.5 Å². The summed E-state index contributed by atoms with van der Waals surface area (Å²) in [5.41, 5.74) is 3.10. The number of fused-ring (bicyclic) bond motifs is 3. The van der Waals surface area contributed by atoms with Crippen LogP contribution in [0.3, 0.4) is 0 Å². The zero-order chi connectivity index (χ0) is 18.8. The molecule has 1 aromatic heterocycles. The molecule has 3 aromatic rings. The Labute approximate surface area is 159 Å². The van der Waals surface area contributed by atoms with E-state index in [1.165, 1.54) is 10.9 Å². The van der Waals surface area contributed by atoms with E-state index in [2.05, 4.69) is 34.1 Å². The Morgan fingerprint density at radius 1 is 1.04 bits per heavy atom. The quantitative estimate of drug-likeness (QED) is 0.671. The molecule has 0 bridgehead atoms. The highest BCUT2D eigenvalue weighted by molar-refractivity contribution is 6.05. The third kappa shape index (κ3) is 3.73. The Kier molecular flexibility index (Phi) is 5.45. The zero-order valence-corrected chi connectivity index (χ0v) is 15.8. The fraction of sp³-hybridized carbons (Fsp3) is 0.455. The number of likely N-dealkylation sites (tertiary alicyclic amines) is 1. The van der Waals surface area contributed by atoms with Gasteiger partial charge in [-0.15, -0.1) is 0 Å². The summed E-state index contributed by atoms with van der Waals surface area (Å²) in [6, 6.07) is 14.5. The number of rotatable bonds is 7. The van der Waals surface area contributed by atoms with Crippen molar-refractivity contribution in [3.8, 4) is 0 Å². The summed E-state index contributed by atoms with van der Waals surface area (Å²) in [4.78, 5) is 4.57. The van der Waals surface area contributed by atoms with Gasteiger partial charge < -0.3 is 19.5 Å². The summed E-state index contributed by atoms with van der Waals surface area (Å²) < 4.78 is 6.16. The average molecular weight is 368 g/mol. The number of benzene rings is 2. The normalized spacial score (nSPS) is 21.0. The number of para-hydroxylation sites is 2. The molecule has 0 unspecified atom stereocenters. The fourth-order valence-corrected chi connectivity index (χ4v) is 4.41. The largest absolute Gasteiger partial charge is 0.456 e. The van der Waals surface area contributed by atoms with Gasteiger partial charge in [0.1, 0.15) is 11.2 Å². The number of aliphatic hydroxyl groups is 2. The van der Waals surface area contributed by atoms with Crippen molar-refractivity contribution in [3.05, 3.63) is 48.0 Å². The third-order valence-corrected chi connectivity index (χ3v) is 5.79. The van der Waals surface area contributed by atoms with Crippen LogP contribution in [-0.2, 0) is 6.54 Å². The Hall–Kier alpha value is -1.92. The predicted octanol–water partition coefficient (Wildman–Crippen LogP) is 2.55. The van der Waals surface area contributed by atoms with Crippen molar-refractivity contribution in [2.45, 2.75) is 6.54 Å². The second-order valence-electron chi connectivity index (χ2n) is 7.77. The first kappa shape index (κ1) is 18.4. The maximum absolute atomic E-state index is 9.82. The first-order valence-electron chi connectivity index (χ1n) is 9.71. The molecule has 0 spiro atoms. The molecular formula is C22H28N2O3. The number of nitrogens with zero attached hydrogens (tertiary/aromatic N) is 2. The van der Waals surface area contributed by atoms with E-state index in [0.29, 0.717) is 12.5 Å². The van der Waals surface area contributed by atoms with E-state index >= 15 is 0 Å². The minimum absolute atomic E-state index is 0.171. The van der Waals surface area contributed by atoms with Crippen LogP contribution in [0.15, 0.2) is 46.9 Å². The molecule has 0 radical (unpaired) electrons. The molecule has 1 fully saturated rings. The van der Waals surface area contributed by atoms with Gasteiger partial charge in [-0.2, -0.15) is 0 Å². The molecule has 5 heteroatoms. The molecule has 144 valence electrons. The van der Waals surface area contributed by atoms with E-state index < -0.39 is 0 Å². The van der Waals surface area contributed by atoms with Crippen LogP contribution >= 0.6 is 0 Å².